The Hall–Kier alpha value is -2.60. The Labute approximate surface area is 206 Å². The van der Waals surface area contributed by atoms with E-state index in [1.165, 1.54) is 43.0 Å². The molecule has 2 heterocycles. The fourth-order valence-corrected chi connectivity index (χ4v) is 9.14. The molecular formula is C29H35N3O3. The van der Waals surface area contributed by atoms with Crippen LogP contribution in [0.4, 0.5) is 0 Å². The van der Waals surface area contributed by atoms with Crippen molar-refractivity contribution in [3.05, 3.63) is 63.6 Å². The molecule has 0 radical (unpaired) electrons. The van der Waals surface area contributed by atoms with E-state index < -0.39 is 0 Å². The molecule has 3 saturated carbocycles. The SMILES string of the molecule is CN(C(=O)c1cccc(=O)[nH]1)C1CCC23CCC1C21CCN(CC2CC2)C3Cc2ccc(O)cc21. The minimum absolute atomic E-state index is 0.00555. The van der Waals surface area contributed by atoms with E-state index in [0.29, 0.717) is 23.4 Å². The van der Waals surface area contributed by atoms with Crippen molar-refractivity contribution in [3.8, 4) is 5.75 Å². The Morgan fingerprint density at radius 1 is 1.14 bits per heavy atom. The van der Waals surface area contributed by atoms with Gasteiger partial charge in [-0.05, 0) is 104 Å². The molecule has 1 aromatic carbocycles. The van der Waals surface area contributed by atoms with Crippen molar-refractivity contribution in [2.45, 2.75) is 68.9 Å². The van der Waals surface area contributed by atoms with Crippen LogP contribution in [0, 0.1) is 17.3 Å². The first kappa shape index (κ1) is 21.7. The molecule has 6 heteroatoms. The second-order valence-corrected chi connectivity index (χ2v) is 12.0. The third-order valence-corrected chi connectivity index (χ3v) is 10.6. The van der Waals surface area contributed by atoms with E-state index in [2.05, 4.69) is 22.0 Å². The molecule has 4 bridgehead atoms. The number of carbonyl (C=O) groups excluding carboxylic acids is 1. The van der Waals surface area contributed by atoms with Gasteiger partial charge in [0, 0.05) is 37.2 Å². The van der Waals surface area contributed by atoms with Crippen LogP contribution in [0.3, 0.4) is 0 Å². The van der Waals surface area contributed by atoms with Gasteiger partial charge in [-0.1, -0.05) is 12.1 Å². The number of likely N-dealkylation sites (tertiary alicyclic amines) is 1. The lowest BCUT2D eigenvalue weighted by atomic mass is 9.43. The van der Waals surface area contributed by atoms with Gasteiger partial charge in [-0.2, -0.15) is 0 Å². The molecule has 1 aliphatic heterocycles. The molecule has 1 amide bonds. The molecule has 184 valence electrons. The van der Waals surface area contributed by atoms with Crippen LogP contribution >= 0.6 is 0 Å². The second kappa shape index (κ2) is 7.45. The predicted octanol–water partition coefficient (Wildman–Crippen LogP) is 3.69. The maximum atomic E-state index is 13.5. The average molecular weight is 474 g/mol. The fraction of sp³-hybridized carbons (Fsp3) is 0.586. The second-order valence-electron chi connectivity index (χ2n) is 12.0. The summed E-state index contributed by atoms with van der Waals surface area (Å²) >= 11 is 0. The van der Waals surface area contributed by atoms with Gasteiger partial charge in [-0.25, -0.2) is 0 Å². The maximum Gasteiger partial charge on any atom is 0.270 e. The van der Waals surface area contributed by atoms with Gasteiger partial charge in [0.05, 0.1) is 0 Å². The van der Waals surface area contributed by atoms with E-state index in [4.69, 9.17) is 0 Å². The third-order valence-electron chi connectivity index (χ3n) is 10.6. The molecule has 7 rings (SSSR count). The number of pyridine rings is 1. The van der Waals surface area contributed by atoms with Crippen LogP contribution in [0.2, 0.25) is 0 Å². The number of piperidine rings is 1. The first-order chi connectivity index (χ1) is 16.9. The van der Waals surface area contributed by atoms with Crippen molar-refractivity contribution < 1.29 is 9.90 Å². The summed E-state index contributed by atoms with van der Waals surface area (Å²) in [5, 5.41) is 10.6. The number of hydrogen-bond acceptors (Lipinski definition) is 4. The molecule has 4 fully saturated rings. The van der Waals surface area contributed by atoms with E-state index in [1.807, 2.05) is 18.0 Å². The Balaban J connectivity index is 1.31. The summed E-state index contributed by atoms with van der Waals surface area (Å²) in [6.45, 7) is 2.36. The lowest BCUT2D eigenvalue weighted by molar-refractivity contribution is -0.104. The summed E-state index contributed by atoms with van der Waals surface area (Å²) in [6, 6.07) is 11.6. The number of aromatic amines is 1. The number of rotatable bonds is 4. The van der Waals surface area contributed by atoms with E-state index >= 15 is 0 Å². The minimum Gasteiger partial charge on any atom is -0.508 e. The van der Waals surface area contributed by atoms with Gasteiger partial charge in [0.25, 0.3) is 5.91 Å². The van der Waals surface area contributed by atoms with Gasteiger partial charge in [-0.15, -0.1) is 0 Å². The highest BCUT2D eigenvalue weighted by Gasteiger charge is 2.71. The molecule has 5 aliphatic rings. The van der Waals surface area contributed by atoms with Crippen LogP contribution in [-0.4, -0.2) is 58.0 Å². The first-order valence-electron chi connectivity index (χ1n) is 13.5. The van der Waals surface area contributed by atoms with E-state index in [9.17, 15) is 14.7 Å². The van der Waals surface area contributed by atoms with Crippen LogP contribution in [0.25, 0.3) is 0 Å². The zero-order valence-electron chi connectivity index (χ0n) is 20.5. The monoisotopic (exact) mass is 473 g/mol. The van der Waals surface area contributed by atoms with E-state index in [1.54, 1.807) is 12.1 Å². The Morgan fingerprint density at radius 2 is 1.97 bits per heavy atom. The molecule has 2 N–H and O–H groups in total. The summed E-state index contributed by atoms with van der Waals surface area (Å²) < 4.78 is 0. The Bertz CT molecular complexity index is 1250. The van der Waals surface area contributed by atoms with Crippen molar-refractivity contribution in [2.75, 3.05) is 20.1 Å². The van der Waals surface area contributed by atoms with E-state index in [-0.39, 0.29) is 28.3 Å². The van der Waals surface area contributed by atoms with Crippen LogP contribution in [0.1, 0.15) is 66.6 Å². The number of nitrogens with one attached hydrogen (secondary N) is 1. The molecule has 2 aromatic rings. The molecule has 1 aromatic heterocycles. The molecule has 5 unspecified atom stereocenters. The average Bonchev–Trinajstić information content (AvgIpc) is 3.64. The number of aromatic nitrogens is 1. The molecule has 6 nitrogen and oxygen atoms in total. The molecule has 0 spiro atoms. The van der Waals surface area contributed by atoms with E-state index in [0.717, 1.165) is 44.6 Å². The number of nitrogens with zero attached hydrogens (tertiary/aromatic N) is 2. The molecule has 5 atom stereocenters. The van der Waals surface area contributed by atoms with Crippen LogP contribution in [0.5, 0.6) is 5.75 Å². The van der Waals surface area contributed by atoms with Gasteiger partial charge in [0.1, 0.15) is 11.4 Å². The molecule has 4 aliphatic carbocycles. The number of fused-ring (bicyclic) bond motifs is 1. The summed E-state index contributed by atoms with van der Waals surface area (Å²) in [7, 11) is 1.92. The topological polar surface area (TPSA) is 76.6 Å². The van der Waals surface area contributed by atoms with Crippen molar-refractivity contribution >= 4 is 5.91 Å². The van der Waals surface area contributed by atoms with Crippen LogP contribution in [-0.2, 0) is 11.8 Å². The van der Waals surface area contributed by atoms with Gasteiger partial charge >= 0.3 is 0 Å². The number of amides is 1. The Kier molecular flexibility index (Phi) is 4.61. The number of H-pyrrole nitrogens is 1. The number of hydrogen-bond donors (Lipinski definition) is 2. The molecule has 35 heavy (non-hydrogen) atoms. The number of benzene rings is 1. The van der Waals surface area contributed by atoms with Crippen LogP contribution in [0.15, 0.2) is 41.2 Å². The standard InChI is InChI=1S/C29H35N3O3/c1-31(27(35)23-3-2-4-26(34)30-23)24-10-12-28-11-9-21(24)29(28)13-14-32(17-18-5-6-18)25(28)15-19-7-8-20(33)16-22(19)29/h2-4,7-8,16,18,21,24-25,33H,5-6,9-15,17H2,1H3,(H,30,34). The lowest BCUT2D eigenvalue weighted by Crippen LogP contribution is -2.70. The van der Waals surface area contributed by atoms with Gasteiger partial charge in [-0.3, -0.25) is 14.5 Å². The summed E-state index contributed by atoms with van der Waals surface area (Å²) in [5.41, 5.74) is 3.12. The molecule has 1 saturated heterocycles. The summed E-state index contributed by atoms with van der Waals surface area (Å²) in [5.74, 6) is 1.51. The lowest BCUT2D eigenvalue weighted by Gasteiger charge is -2.67. The van der Waals surface area contributed by atoms with Crippen molar-refractivity contribution in [2.24, 2.45) is 17.3 Å². The highest BCUT2D eigenvalue weighted by molar-refractivity contribution is 5.92. The first-order valence-corrected chi connectivity index (χ1v) is 13.5. The van der Waals surface area contributed by atoms with Crippen molar-refractivity contribution in [1.29, 1.82) is 0 Å². The third kappa shape index (κ3) is 2.92. The van der Waals surface area contributed by atoms with Crippen LogP contribution < -0.4 is 5.56 Å². The highest BCUT2D eigenvalue weighted by atomic mass is 16.3. The van der Waals surface area contributed by atoms with Gasteiger partial charge in [0.2, 0.25) is 5.56 Å². The van der Waals surface area contributed by atoms with Crippen molar-refractivity contribution in [3.63, 3.8) is 0 Å². The normalized spacial score (nSPS) is 35.3. The van der Waals surface area contributed by atoms with Crippen molar-refractivity contribution in [1.82, 2.24) is 14.8 Å². The highest BCUT2D eigenvalue weighted by Crippen LogP contribution is 2.72. The number of aromatic hydroxyl groups is 1. The predicted molar refractivity (Wildman–Crippen MR) is 134 cm³/mol. The number of carbonyl (C=O) groups is 1. The maximum absolute atomic E-state index is 13.5. The number of phenolic OH excluding ortho intramolecular Hbond substituents is 1. The summed E-state index contributed by atoms with van der Waals surface area (Å²) in [6.07, 6.45) is 9.41. The minimum atomic E-state index is -0.242. The Morgan fingerprint density at radius 3 is 2.77 bits per heavy atom. The fourth-order valence-electron chi connectivity index (χ4n) is 9.14. The smallest absolute Gasteiger partial charge is 0.270 e. The zero-order chi connectivity index (χ0) is 23.9. The number of phenols is 1. The summed E-state index contributed by atoms with van der Waals surface area (Å²) in [4.78, 5) is 32.8. The largest absolute Gasteiger partial charge is 0.508 e. The van der Waals surface area contributed by atoms with Gasteiger partial charge < -0.3 is 15.0 Å². The van der Waals surface area contributed by atoms with Gasteiger partial charge in [0.15, 0.2) is 0 Å². The zero-order valence-corrected chi connectivity index (χ0v) is 20.5. The quantitative estimate of drug-likeness (QED) is 0.710. The molecular weight excluding hydrogens is 438 g/mol.